The topological polar surface area (TPSA) is 32.3 Å². The Morgan fingerprint density at radius 3 is 2.00 bits per heavy atom. The molecular weight excluding hydrogens is 198 g/mol. The number of hydrogen-bond donors (Lipinski definition) is 2. The molecule has 0 aromatic carbocycles. The van der Waals surface area contributed by atoms with Gasteiger partial charge in [0.05, 0.1) is 6.10 Å². The van der Waals surface area contributed by atoms with Gasteiger partial charge >= 0.3 is 0 Å². The van der Waals surface area contributed by atoms with Gasteiger partial charge in [0.25, 0.3) is 0 Å². The van der Waals surface area contributed by atoms with E-state index in [1.807, 2.05) is 0 Å². The highest BCUT2D eigenvalue weighted by atomic mass is 16.3. The third-order valence-electron chi connectivity index (χ3n) is 4.28. The fraction of sp³-hybridized carbons (Fsp3) is 1.00. The Balaban J connectivity index is 1.81. The van der Waals surface area contributed by atoms with Crippen LogP contribution in [-0.2, 0) is 0 Å². The number of rotatable bonds is 2. The summed E-state index contributed by atoms with van der Waals surface area (Å²) in [5, 5.41) is 13.8. The minimum Gasteiger partial charge on any atom is -0.392 e. The summed E-state index contributed by atoms with van der Waals surface area (Å²) < 4.78 is 0. The SMILES string of the molecule is OC1CCCCCC1NC1CCCCCC1. The van der Waals surface area contributed by atoms with E-state index in [-0.39, 0.29) is 6.10 Å². The molecule has 0 saturated heterocycles. The zero-order valence-electron chi connectivity index (χ0n) is 10.5. The van der Waals surface area contributed by atoms with Crippen LogP contribution in [0, 0.1) is 0 Å². The zero-order chi connectivity index (χ0) is 11.2. The molecule has 0 aromatic rings. The molecule has 2 aliphatic rings. The van der Waals surface area contributed by atoms with Crippen LogP contribution in [0.1, 0.15) is 70.6 Å². The van der Waals surface area contributed by atoms with Crippen molar-refractivity contribution in [3.8, 4) is 0 Å². The average molecular weight is 225 g/mol. The van der Waals surface area contributed by atoms with Crippen molar-refractivity contribution in [1.29, 1.82) is 0 Å². The fourth-order valence-corrected chi connectivity index (χ4v) is 3.23. The van der Waals surface area contributed by atoms with E-state index in [0.717, 1.165) is 6.42 Å². The van der Waals surface area contributed by atoms with E-state index in [1.54, 1.807) is 0 Å². The second-order valence-electron chi connectivity index (χ2n) is 5.67. The van der Waals surface area contributed by atoms with Crippen molar-refractivity contribution in [3.05, 3.63) is 0 Å². The van der Waals surface area contributed by atoms with Crippen molar-refractivity contribution >= 4 is 0 Å². The van der Waals surface area contributed by atoms with Crippen LogP contribution in [0.3, 0.4) is 0 Å². The standard InChI is InChI=1S/C14H27NO/c16-14-11-7-3-6-10-13(14)15-12-8-4-1-2-5-9-12/h12-16H,1-11H2. The predicted octanol–water partition coefficient (Wildman–Crippen LogP) is 2.99. The Morgan fingerprint density at radius 2 is 1.25 bits per heavy atom. The first-order valence-electron chi connectivity index (χ1n) is 7.30. The lowest BCUT2D eigenvalue weighted by Crippen LogP contribution is -2.44. The Kier molecular flexibility index (Phi) is 5.11. The van der Waals surface area contributed by atoms with E-state index in [1.165, 1.54) is 64.2 Å². The molecule has 2 nitrogen and oxygen atoms in total. The van der Waals surface area contributed by atoms with Gasteiger partial charge in [-0.05, 0) is 25.7 Å². The van der Waals surface area contributed by atoms with Crippen LogP contribution in [0.15, 0.2) is 0 Å². The molecule has 0 spiro atoms. The third kappa shape index (κ3) is 3.74. The van der Waals surface area contributed by atoms with Crippen molar-refractivity contribution in [1.82, 2.24) is 5.32 Å². The first kappa shape index (κ1) is 12.4. The molecular formula is C14H27NO. The van der Waals surface area contributed by atoms with Gasteiger partial charge in [0.1, 0.15) is 0 Å². The molecule has 2 fully saturated rings. The molecule has 2 heteroatoms. The molecule has 2 unspecified atom stereocenters. The summed E-state index contributed by atoms with van der Waals surface area (Å²) in [5.41, 5.74) is 0. The molecule has 0 radical (unpaired) electrons. The van der Waals surface area contributed by atoms with Crippen molar-refractivity contribution in [2.24, 2.45) is 0 Å². The number of aliphatic hydroxyl groups is 1. The smallest absolute Gasteiger partial charge is 0.0693 e. The average Bonchev–Trinajstić information content (AvgIpc) is 2.64. The lowest BCUT2D eigenvalue weighted by Gasteiger charge is -2.27. The number of nitrogens with one attached hydrogen (secondary N) is 1. The molecule has 16 heavy (non-hydrogen) atoms. The second-order valence-corrected chi connectivity index (χ2v) is 5.67. The molecule has 94 valence electrons. The largest absolute Gasteiger partial charge is 0.392 e. The van der Waals surface area contributed by atoms with Crippen LogP contribution in [0.25, 0.3) is 0 Å². The van der Waals surface area contributed by atoms with Crippen LogP contribution < -0.4 is 5.32 Å². The normalized spacial score (nSPS) is 34.3. The molecule has 2 aliphatic carbocycles. The van der Waals surface area contributed by atoms with Gasteiger partial charge < -0.3 is 10.4 Å². The highest BCUT2D eigenvalue weighted by molar-refractivity contribution is 4.83. The molecule has 0 bridgehead atoms. The van der Waals surface area contributed by atoms with Crippen molar-refractivity contribution in [2.45, 2.75) is 88.8 Å². The van der Waals surface area contributed by atoms with Gasteiger partial charge in [-0.2, -0.15) is 0 Å². The van der Waals surface area contributed by atoms with Crippen LogP contribution in [-0.4, -0.2) is 23.3 Å². The van der Waals surface area contributed by atoms with Gasteiger partial charge in [-0.25, -0.2) is 0 Å². The van der Waals surface area contributed by atoms with Crippen LogP contribution in [0.4, 0.5) is 0 Å². The zero-order valence-corrected chi connectivity index (χ0v) is 10.5. The maximum atomic E-state index is 10.1. The minimum absolute atomic E-state index is 0.0919. The third-order valence-corrected chi connectivity index (χ3v) is 4.28. The van der Waals surface area contributed by atoms with E-state index in [2.05, 4.69) is 5.32 Å². The molecule has 0 aliphatic heterocycles. The molecule has 2 atom stereocenters. The first-order chi connectivity index (χ1) is 7.86. The number of aliphatic hydroxyl groups excluding tert-OH is 1. The maximum absolute atomic E-state index is 10.1. The van der Waals surface area contributed by atoms with E-state index in [0.29, 0.717) is 12.1 Å². The molecule has 0 amide bonds. The lowest BCUT2D eigenvalue weighted by atomic mass is 10.0. The summed E-state index contributed by atoms with van der Waals surface area (Å²) >= 11 is 0. The highest BCUT2D eigenvalue weighted by Crippen LogP contribution is 2.22. The maximum Gasteiger partial charge on any atom is 0.0693 e. The fourth-order valence-electron chi connectivity index (χ4n) is 3.23. The van der Waals surface area contributed by atoms with Crippen molar-refractivity contribution < 1.29 is 5.11 Å². The Hall–Kier alpha value is -0.0800. The van der Waals surface area contributed by atoms with Gasteiger partial charge in [-0.1, -0.05) is 44.9 Å². The van der Waals surface area contributed by atoms with Gasteiger partial charge in [-0.3, -0.25) is 0 Å². The molecule has 2 rings (SSSR count). The Bertz CT molecular complexity index is 187. The highest BCUT2D eigenvalue weighted by Gasteiger charge is 2.24. The predicted molar refractivity (Wildman–Crippen MR) is 67.5 cm³/mol. The molecule has 0 heterocycles. The van der Waals surface area contributed by atoms with E-state index < -0.39 is 0 Å². The van der Waals surface area contributed by atoms with Gasteiger partial charge in [0.15, 0.2) is 0 Å². The molecule has 2 N–H and O–H groups in total. The van der Waals surface area contributed by atoms with Crippen LogP contribution in [0.2, 0.25) is 0 Å². The lowest BCUT2D eigenvalue weighted by molar-refractivity contribution is 0.112. The minimum atomic E-state index is -0.0919. The quantitative estimate of drug-likeness (QED) is 0.708. The summed E-state index contributed by atoms with van der Waals surface area (Å²) in [4.78, 5) is 0. The first-order valence-corrected chi connectivity index (χ1v) is 7.30. The van der Waals surface area contributed by atoms with Crippen LogP contribution in [0.5, 0.6) is 0 Å². The van der Waals surface area contributed by atoms with Crippen LogP contribution >= 0.6 is 0 Å². The summed E-state index contributed by atoms with van der Waals surface area (Å²) in [6.07, 6.45) is 14.1. The number of hydrogen-bond acceptors (Lipinski definition) is 2. The second kappa shape index (κ2) is 6.61. The van der Waals surface area contributed by atoms with E-state index in [9.17, 15) is 5.11 Å². The Morgan fingerprint density at radius 1 is 0.688 bits per heavy atom. The van der Waals surface area contributed by atoms with Crippen molar-refractivity contribution in [3.63, 3.8) is 0 Å². The summed E-state index contributed by atoms with van der Waals surface area (Å²) in [6.45, 7) is 0. The van der Waals surface area contributed by atoms with Gasteiger partial charge in [0, 0.05) is 12.1 Å². The molecule has 2 saturated carbocycles. The van der Waals surface area contributed by atoms with Crippen molar-refractivity contribution in [2.75, 3.05) is 0 Å². The summed E-state index contributed by atoms with van der Waals surface area (Å²) in [6, 6.07) is 1.06. The van der Waals surface area contributed by atoms with Gasteiger partial charge in [-0.15, -0.1) is 0 Å². The Labute approximate surface area is 99.8 Å². The summed E-state index contributed by atoms with van der Waals surface area (Å²) in [5.74, 6) is 0. The summed E-state index contributed by atoms with van der Waals surface area (Å²) in [7, 11) is 0. The van der Waals surface area contributed by atoms with Gasteiger partial charge in [0.2, 0.25) is 0 Å². The van der Waals surface area contributed by atoms with E-state index in [4.69, 9.17) is 0 Å². The molecule has 0 aromatic heterocycles. The monoisotopic (exact) mass is 225 g/mol. The van der Waals surface area contributed by atoms with E-state index >= 15 is 0 Å².